The van der Waals surface area contributed by atoms with Crippen molar-refractivity contribution in [3.8, 4) is 33.4 Å². The van der Waals surface area contributed by atoms with Crippen molar-refractivity contribution in [2.45, 2.75) is 37.5 Å². The highest BCUT2D eigenvalue weighted by Gasteiger charge is 2.48. The van der Waals surface area contributed by atoms with Crippen molar-refractivity contribution in [3.63, 3.8) is 0 Å². The predicted octanol–water partition coefficient (Wildman–Crippen LogP) is 15.4. The van der Waals surface area contributed by atoms with E-state index in [-0.39, 0.29) is 10.8 Å². The third-order valence-electron chi connectivity index (χ3n) is 14.3. The third kappa shape index (κ3) is 4.43. The summed E-state index contributed by atoms with van der Waals surface area (Å²) in [6.07, 6.45) is 2.13. The van der Waals surface area contributed by atoms with Crippen molar-refractivity contribution in [1.82, 2.24) is 0 Å². The lowest BCUT2D eigenvalue weighted by Gasteiger charge is -2.31. The normalized spacial score (nSPS) is 16.6. The maximum atomic E-state index is 6.80. The highest BCUT2D eigenvalue weighted by atomic mass is 16.3. The number of fused-ring (bicyclic) bond motifs is 15. The second-order valence-electron chi connectivity index (χ2n) is 17.5. The summed E-state index contributed by atoms with van der Waals surface area (Å²) < 4.78 is 6.80. The summed E-state index contributed by atoms with van der Waals surface area (Å²) in [4.78, 5) is 2.48. The minimum absolute atomic E-state index is 0.105. The molecule has 2 nitrogen and oxygen atoms in total. The fourth-order valence-electron chi connectivity index (χ4n) is 11.7. The van der Waals surface area contributed by atoms with Gasteiger partial charge in [0.15, 0.2) is 0 Å². The fraction of sp³-hybridized carbons (Fsp3) is 0.103. The molecule has 0 aliphatic heterocycles. The van der Waals surface area contributed by atoms with Crippen LogP contribution in [0.1, 0.15) is 53.6 Å². The smallest absolute Gasteiger partial charge is 0.143 e. The lowest BCUT2D eigenvalue weighted by molar-refractivity contribution is 0.626. The molecule has 3 aliphatic rings. The largest absolute Gasteiger partial charge is 0.455 e. The Morgan fingerprint density at radius 2 is 1.15 bits per heavy atom. The predicted molar refractivity (Wildman–Crippen MR) is 249 cm³/mol. The molecule has 0 saturated heterocycles. The summed E-state index contributed by atoms with van der Waals surface area (Å²) >= 11 is 0. The summed E-state index contributed by atoms with van der Waals surface area (Å²) in [5.41, 5.74) is 21.2. The van der Waals surface area contributed by atoms with Gasteiger partial charge in [0.1, 0.15) is 11.2 Å². The third-order valence-corrected chi connectivity index (χ3v) is 14.3. The Labute approximate surface area is 350 Å². The number of rotatable bonds is 4. The van der Waals surface area contributed by atoms with Crippen LogP contribution in [0.3, 0.4) is 0 Å². The van der Waals surface area contributed by atoms with Crippen LogP contribution in [0.2, 0.25) is 0 Å². The molecule has 1 atom stereocenters. The minimum Gasteiger partial charge on any atom is -0.455 e. The average Bonchev–Trinajstić information content (AvgIpc) is 4.02. The van der Waals surface area contributed by atoms with E-state index in [9.17, 15) is 0 Å². The summed E-state index contributed by atoms with van der Waals surface area (Å²) in [6, 6.07) is 70.1. The molecule has 1 aromatic heterocycles. The highest BCUT2D eigenvalue weighted by molar-refractivity contribution is 6.19. The molecule has 0 amide bonds. The molecule has 13 rings (SSSR count). The molecule has 10 aromatic rings. The van der Waals surface area contributed by atoms with Crippen LogP contribution in [-0.4, -0.2) is 0 Å². The average molecular weight is 768 g/mol. The number of benzene rings is 9. The van der Waals surface area contributed by atoms with Gasteiger partial charge in [-0.05, 0) is 127 Å². The minimum atomic E-state index is -0.195. The molecule has 2 heteroatoms. The lowest BCUT2D eigenvalue weighted by atomic mass is 9.73. The molecule has 9 aromatic carbocycles. The van der Waals surface area contributed by atoms with Gasteiger partial charge in [0.05, 0.1) is 11.1 Å². The topological polar surface area (TPSA) is 16.4 Å². The van der Waals surface area contributed by atoms with Crippen LogP contribution in [0.4, 0.5) is 17.1 Å². The zero-order valence-corrected chi connectivity index (χ0v) is 33.7. The second-order valence-corrected chi connectivity index (χ2v) is 17.5. The molecule has 60 heavy (non-hydrogen) atoms. The molecule has 1 unspecified atom stereocenters. The highest BCUT2D eigenvalue weighted by Crippen LogP contribution is 2.60. The van der Waals surface area contributed by atoms with Crippen LogP contribution in [-0.2, 0) is 17.3 Å². The van der Waals surface area contributed by atoms with Crippen molar-refractivity contribution in [2.24, 2.45) is 0 Å². The van der Waals surface area contributed by atoms with Gasteiger partial charge < -0.3 is 9.32 Å². The van der Waals surface area contributed by atoms with Crippen LogP contribution in [0.25, 0.3) is 66.1 Å². The first-order valence-corrected chi connectivity index (χ1v) is 21.3. The van der Waals surface area contributed by atoms with Gasteiger partial charge in [0, 0.05) is 33.0 Å². The van der Waals surface area contributed by atoms with Crippen LogP contribution in [0.5, 0.6) is 0 Å². The maximum absolute atomic E-state index is 6.80. The van der Waals surface area contributed by atoms with Gasteiger partial charge in [-0.1, -0.05) is 159 Å². The number of hydrogen-bond donors (Lipinski definition) is 0. The van der Waals surface area contributed by atoms with Gasteiger partial charge in [-0.3, -0.25) is 0 Å². The van der Waals surface area contributed by atoms with E-state index in [2.05, 4.69) is 207 Å². The van der Waals surface area contributed by atoms with E-state index in [1.807, 2.05) is 0 Å². The Hall–Kier alpha value is -7.16. The van der Waals surface area contributed by atoms with Crippen molar-refractivity contribution >= 4 is 49.8 Å². The first kappa shape index (κ1) is 33.8. The summed E-state index contributed by atoms with van der Waals surface area (Å²) in [6.45, 7) is 4.75. The SMILES string of the molecule is CC1(C)c2ccccc2-c2cccc(-c3ccc(N(c4ccc5c(c4)C4(CCc6ccccc64)c4ccccc4-5)c4cccc5oc6c7ccccc7ccc6c45)cc3)c21. The van der Waals surface area contributed by atoms with Crippen molar-refractivity contribution < 1.29 is 4.42 Å². The Kier molecular flexibility index (Phi) is 6.86. The van der Waals surface area contributed by atoms with Crippen molar-refractivity contribution in [1.29, 1.82) is 0 Å². The molecule has 0 N–H and O–H groups in total. The number of hydrogen-bond acceptors (Lipinski definition) is 2. The van der Waals surface area contributed by atoms with E-state index in [4.69, 9.17) is 4.42 Å². The standard InChI is InChI=1S/C58H41NO/c1-57(2)49-21-9-6-17-44(49)46-19-11-18-41(55(46)57)37-25-28-39(29-26-37)59(52-23-12-24-53-54(52)47-31-27-36-13-3-5-15-42(36)56(47)60-53)40-30-32-45-43-16-7-10-22-50(43)58(51(45)35-40)34-33-38-14-4-8-20-48(38)58/h3-32,35H,33-34H2,1-2H3. The van der Waals surface area contributed by atoms with Crippen molar-refractivity contribution in [2.75, 3.05) is 4.90 Å². The van der Waals surface area contributed by atoms with E-state index in [1.165, 1.54) is 72.1 Å². The van der Waals surface area contributed by atoms with E-state index in [0.717, 1.165) is 57.2 Å². The monoisotopic (exact) mass is 767 g/mol. The first-order chi connectivity index (χ1) is 29.5. The second kappa shape index (κ2) is 12.2. The van der Waals surface area contributed by atoms with E-state index < -0.39 is 0 Å². The van der Waals surface area contributed by atoms with Crippen LogP contribution >= 0.6 is 0 Å². The molecule has 1 spiro atoms. The molecule has 1 heterocycles. The molecule has 0 saturated carbocycles. The van der Waals surface area contributed by atoms with Gasteiger partial charge >= 0.3 is 0 Å². The number of furan rings is 1. The number of anilines is 3. The molecule has 0 radical (unpaired) electrons. The molecule has 0 bridgehead atoms. The molecular formula is C58H41NO. The van der Waals surface area contributed by atoms with Gasteiger partial charge in [-0.2, -0.15) is 0 Å². The van der Waals surface area contributed by atoms with Crippen LogP contribution in [0, 0.1) is 0 Å². The Bertz CT molecular complexity index is 3420. The van der Waals surface area contributed by atoms with Crippen LogP contribution in [0.15, 0.2) is 192 Å². The van der Waals surface area contributed by atoms with Gasteiger partial charge in [-0.25, -0.2) is 0 Å². The number of aryl methyl sites for hydroxylation is 1. The Morgan fingerprint density at radius 1 is 0.483 bits per heavy atom. The zero-order valence-electron chi connectivity index (χ0n) is 33.7. The summed E-state index contributed by atoms with van der Waals surface area (Å²) in [5.74, 6) is 0. The Balaban J connectivity index is 1.04. The van der Waals surface area contributed by atoms with Gasteiger partial charge in [0.2, 0.25) is 0 Å². The Morgan fingerprint density at radius 3 is 2.02 bits per heavy atom. The summed E-state index contributed by atoms with van der Waals surface area (Å²) in [7, 11) is 0. The molecule has 3 aliphatic carbocycles. The summed E-state index contributed by atoms with van der Waals surface area (Å²) in [5, 5.41) is 4.55. The molecule has 284 valence electrons. The van der Waals surface area contributed by atoms with E-state index in [1.54, 1.807) is 0 Å². The molecule has 0 fully saturated rings. The van der Waals surface area contributed by atoms with Crippen molar-refractivity contribution in [3.05, 3.63) is 221 Å². The number of nitrogens with zero attached hydrogens (tertiary/aromatic N) is 1. The molecular weight excluding hydrogens is 727 g/mol. The quantitative estimate of drug-likeness (QED) is 0.177. The van der Waals surface area contributed by atoms with Crippen LogP contribution < -0.4 is 4.90 Å². The zero-order chi connectivity index (χ0) is 39.7. The van der Waals surface area contributed by atoms with Gasteiger partial charge in [-0.15, -0.1) is 0 Å². The van der Waals surface area contributed by atoms with Gasteiger partial charge in [0.25, 0.3) is 0 Å². The lowest BCUT2D eigenvalue weighted by Crippen LogP contribution is -2.24. The fourth-order valence-corrected chi connectivity index (χ4v) is 11.7. The van der Waals surface area contributed by atoms with E-state index in [0.29, 0.717) is 0 Å². The van der Waals surface area contributed by atoms with E-state index >= 15 is 0 Å². The first-order valence-electron chi connectivity index (χ1n) is 21.3. The maximum Gasteiger partial charge on any atom is 0.143 e.